The lowest BCUT2D eigenvalue weighted by Gasteiger charge is -2.22. The zero-order chi connectivity index (χ0) is 12.8. The lowest BCUT2D eigenvalue weighted by molar-refractivity contribution is -0.0447. The number of hydrogen-bond acceptors (Lipinski definition) is 3. The second kappa shape index (κ2) is 7.10. The number of nitrogens with two attached hydrogens (primary N) is 1. The summed E-state index contributed by atoms with van der Waals surface area (Å²) in [4.78, 5) is 0. The fourth-order valence-corrected chi connectivity index (χ4v) is 2.33. The molecule has 0 saturated carbocycles. The molecule has 1 aliphatic rings. The summed E-state index contributed by atoms with van der Waals surface area (Å²) < 4.78 is 11.3. The van der Waals surface area contributed by atoms with Crippen LogP contribution in [-0.2, 0) is 22.6 Å². The Morgan fingerprint density at radius 3 is 2.94 bits per heavy atom. The predicted octanol–water partition coefficient (Wildman–Crippen LogP) is 2.88. The SMILES string of the molecule is NCc1ccc(COCC2CCCCO2)c(Cl)c1. The summed E-state index contributed by atoms with van der Waals surface area (Å²) in [6.45, 7) is 2.55. The molecule has 1 aromatic rings. The topological polar surface area (TPSA) is 44.5 Å². The molecule has 100 valence electrons. The summed E-state index contributed by atoms with van der Waals surface area (Å²) in [7, 11) is 0. The van der Waals surface area contributed by atoms with E-state index >= 15 is 0 Å². The van der Waals surface area contributed by atoms with Crippen LogP contribution >= 0.6 is 11.6 Å². The van der Waals surface area contributed by atoms with E-state index in [0.29, 0.717) is 19.8 Å². The fourth-order valence-electron chi connectivity index (χ4n) is 2.07. The fraction of sp³-hybridized carbons (Fsp3) is 0.571. The average molecular weight is 270 g/mol. The van der Waals surface area contributed by atoms with Crippen LogP contribution < -0.4 is 5.73 Å². The van der Waals surface area contributed by atoms with Gasteiger partial charge in [-0.2, -0.15) is 0 Å². The zero-order valence-electron chi connectivity index (χ0n) is 10.5. The highest BCUT2D eigenvalue weighted by molar-refractivity contribution is 6.31. The van der Waals surface area contributed by atoms with Gasteiger partial charge in [-0.05, 0) is 36.5 Å². The van der Waals surface area contributed by atoms with Gasteiger partial charge in [0.1, 0.15) is 0 Å². The minimum atomic E-state index is 0.251. The van der Waals surface area contributed by atoms with Crippen LogP contribution in [-0.4, -0.2) is 19.3 Å². The van der Waals surface area contributed by atoms with E-state index in [9.17, 15) is 0 Å². The average Bonchev–Trinajstić information content (AvgIpc) is 2.42. The molecule has 2 N–H and O–H groups in total. The van der Waals surface area contributed by atoms with Crippen LogP contribution in [0, 0.1) is 0 Å². The molecule has 0 spiro atoms. The molecule has 3 nitrogen and oxygen atoms in total. The van der Waals surface area contributed by atoms with Gasteiger partial charge in [0.15, 0.2) is 0 Å². The highest BCUT2D eigenvalue weighted by atomic mass is 35.5. The molecular formula is C14H20ClNO2. The second-order valence-corrected chi connectivity index (χ2v) is 5.04. The predicted molar refractivity (Wildman–Crippen MR) is 72.6 cm³/mol. The van der Waals surface area contributed by atoms with Crippen molar-refractivity contribution in [3.05, 3.63) is 34.3 Å². The maximum absolute atomic E-state index is 6.16. The molecule has 1 saturated heterocycles. The molecule has 0 amide bonds. The molecule has 0 bridgehead atoms. The van der Waals surface area contributed by atoms with Gasteiger partial charge in [0, 0.05) is 18.2 Å². The third kappa shape index (κ3) is 3.95. The van der Waals surface area contributed by atoms with Crippen LogP contribution in [0.1, 0.15) is 30.4 Å². The minimum absolute atomic E-state index is 0.251. The van der Waals surface area contributed by atoms with E-state index in [2.05, 4.69) is 0 Å². The van der Waals surface area contributed by atoms with Crippen molar-refractivity contribution < 1.29 is 9.47 Å². The van der Waals surface area contributed by atoms with Gasteiger partial charge >= 0.3 is 0 Å². The van der Waals surface area contributed by atoms with Crippen LogP contribution in [0.25, 0.3) is 0 Å². The minimum Gasteiger partial charge on any atom is -0.376 e. The molecule has 1 heterocycles. The number of hydrogen-bond donors (Lipinski definition) is 1. The third-order valence-corrected chi connectivity index (χ3v) is 3.54. The van der Waals surface area contributed by atoms with Gasteiger partial charge in [-0.15, -0.1) is 0 Å². The van der Waals surface area contributed by atoms with Crippen molar-refractivity contribution in [2.24, 2.45) is 5.73 Å². The quantitative estimate of drug-likeness (QED) is 0.894. The van der Waals surface area contributed by atoms with E-state index < -0.39 is 0 Å². The molecule has 1 aromatic carbocycles. The van der Waals surface area contributed by atoms with Crippen molar-refractivity contribution in [3.63, 3.8) is 0 Å². The molecule has 0 aromatic heterocycles. The molecular weight excluding hydrogens is 250 g/mol. The van der Waals surface area contributed by atoms with E-state index in [0.717, 1.165) is 29.2 Å². The normalized spacial score (nSPS) is 20.0. The Labute approximate surface area is 113 Å². The van der Waals surface area contributed by atoms with Crippen LogP contribution in [0.5, 0.6) is 0 Å². The largest absolute Gasteiger partial charge is 0.376 e. The molecule has 1 fully saturated rings. The Kier molecular flexibility index (Phi) is 5.45. The number of rotatable bonds is 5. The Morgan fingerprint density at radius 2 is 2.28 bits per heavy atom. The maximum Gasteiger partial charge on any atom is 0.0808 e. The standard InChI is InChI=1S/C14H20ClNO2/c15-14-7-11(8-16)4-5-12(14)9-17-10-13-3-1-2-6-18-13/h4-5,7,13H,1-3,6,8-10,16H2. The van der Waals surface area contributed by atoms with Crippen molar-refractivity contribution in [2.45, 2.75) is 38.5 Å². The number of ether oxygens (including phenoxy) is 2. The summed E-state index contributed by atoms with van der Waals surface area (Å²) in [5, 5.41) is 0.725. The first-order valence-electron chi connectivity index (χ1n) is 6.46. The second-order valence-electron chi connectivity index (χ2n) is 4.63. The Morgan fingerprint density at radius 1 is 1.39 bits per heavy atom. The van der Waals surface area contributed by atoms with Gasteiger partial charge in [-0.25, -0.2) is 0 Å². The first kappa shape index (κ1) is 13.8. The van der Waals surface area contributed by atoms with E-state index in [1.165, 1.54) is 12.8 Å². The van der Waals surface area contributed by atoms with Gasteiger partial charge in [-0.3, -0.25) is 0 Å². The molecule has 0 radical (unpaired) electrons. The van der Waals surface area contributed by atoms with Crippen molar-refractivity contribution in [1.82, 2.24) is 0 Å². The van der Waals surface area contributed by atoms with Gasteiger partial charge in [0.25, 0.3) is 0 Å². The Hall–Kier alpha value is -0.610. The first-order valence-corrected chi connectivity index (χ1v) is 6.84. The monoisotopic (exact) mass is 269 g/mol. The van der Waals surface area contributed by atoms with Gasteiger partial charge < -0.3 is 15.2 Å². The first-order chi connectivity index (χ1) is 8.79. The van der Waals surface area contributed by atoms with Crippen LogP contribution in [0.2, 0.25) is 5.02 Å². The van der Waals surface area contributed by atoms with E-state index in [4.69, 9.17) is 26.8 Å². The molecule has 1 aliphatic heterocycles. The highest BCUT2D eigenvalue weighted by Crippen LogP contribution is 2.19. The zero-order valence-corrected chi connectivity index (χ0v) is 11.3. The van der Waals surface area contributed by atoms with E-state index in [1.54, 1.807) is 0 Å². The molecule has 1 unspecified atom stereocenters. The smallest absolute Gasteiger partial charge is 0.0808 e. The number of halogens is 1. The van der Waals surface area contributed by atoms with Crippen molar-refractivity contribution in [3.8, 4) is 0 Å². The molecule has 18 heavy (non-hydrogen) atoms. The van der Waals surface area contributed by atoms with Crippen molar-refractivity contribution in [1.29, 1.82) is 0 Å². The molecule has 0 aliphatic carbocycles. The van der Waals surface area contributed by atoms with Crippen LogP contribution in [0.3, 0.4) is 0 Å². The van der Waals surface area contributed by atoms with Gasteiger partial charge in [0.2, 0.25) is 0 Å². The third-order valence-electron chi connectivity index (χ3n) is 3.19. The van der Waals surface area contributed by atoms with Crippen molar-refractivity contribution in [2.75, 3.05) is 13.2 Å². The van der Waals surface area contributed by atoms with Crippen molar-refractivity contribution >= 4 is 11.6 Å². The summed E-state index contributed by atoms with van der Waals surface area (Å²) in [5.41, 5.74) is 7.61. The maximum atomic E-state index is 6.16. The Bertz CT molecular complexity index is 378. The molecule has 2 rings (SSSR count). The summed E-state index contributed by atoms with van der Waals surface area (Å²) in [5.74, 6) is 0. The number of benzene rings is 1. The van der Waals surface area contributed by atoms with Gasteiger partial charge in [0.05, 0.1) is 19.3 Å². The van der Waals surface area contributed by atoms with Gasteiger partial charge in [-0.1, -0.05) is 23.7 Å². The summed E-state index contributed by atoms with van der Waals surface area (Å²) >= 11 is 6.16. The van der Waals surface area contributed by atoms with Crippen LogP contribution in [0.15, 0.2) is 18.2 Å². The molecule has 1 atom stereocenters. The lowest BCUT2D eigenvalue weighted by Crippen LogP contribution is -2.24. The van der Waals surface area contributed by atoms with E-state index in [1.807, 2.05) is 18.2 Å². The van der Waals surface area contributed by atoms with E-state index in [-0.39, 0.29) is 6.10 Å². The Balaban J connectivity index is 1.79. The highest BCUT2D eigenvalue weighted by Gasteiger charge is 2.13. The lowest BCUT2D eigenvalue weighted by atomic mass is 10.1. The van der Waals surface area contributed by atoms with Crippen LogP contribution in [0.4, 0.5) is 0 Å². The molecule has 4 heteroatoms. The summed E-state index contributed by atoms with van der Waals surface area (Å²) in [6, 6.07) is 5.87. The summed E-state index contributed by atoms with van der Waals surface area (Å²) in [6.07, 6.45) is 3.75.